The molecule has 1 rings (SSSR count). The van der Waals surface area contributed by atoms with Gasteiger partial charge in [0.25, 0.3) is 17.1 Å². The van der Waals surface area contributed by atoms with Gasteiger partial charge in [-0.05, 0) is 6.92 Å². The summed E-state index contributed by atoms with van der Waals surface area (Å²) in [5, 5.41) is 31.5. The van der Waals surface area contributed by atoms with Gasteiger partial charge in [-0.25, -0.2) is 0 Å². The van der Waals surface area contributed by atoms with Crippen LogP contribution >= 0.6 is 0 Å². The third kappa shape index (κ3) is 6.80. The van der Waals surface area contributed by atoms with Gasteiger partial charge in [-0.15, -0.1) is 0 Å². The summed E-state index contributed by atoms with van der Waals surface area (Å²) < 4.78 is 34.5. The van der Waals surface area contributed by atoms with Crippen molar-refractivity contribution in [1.82, 2.24) is 0 Å². The molecular formula is C7H5N3O10Ti-4. The van der Waals surface area contributed by atoms with Crippen LogP contribution in [0.15, 0.2) is 12.1 Å². The summed E-state index contributed by atoms with van der Waals surface area (Å²) in [5.41, 5.74) is -2.16. The predicted octanol–water partition coefficient (Wildman–Crippen LogP) is -3.04. The Bertz CT molecular complexity index is 541. The van der Waals surface area contributed by atoms with Crippen molar-refractivity contribution in [2.24, 2.45) is 0 Å². The second-order valence-corrected chi connectivity index (χ2v) is 4.94. The first-order valence-electron chi connectivity index (χ1n) is 4.74. The van der Waals surface area contributed by atoms with Gasteiger partial charge in [0.1, 0.15) is 5.56 Å². The summed E-state index contributed by atoms with van der Waals surface area (Å²) in [4.78, 5) is 28.8. The maximum atomic E-state index is 10.5. The normalized spacial score (nSPS) is 10.3. The molecule has 0 aliphatic rings. The van der Waals surface area contributed by atoms with Crippen molar-refractivity contribution in [2.75, 3.05) is 0 Å². The number of rotatable bonds is 3. The van der Waals surface area contributed by atoms with E-state index in [0.717, 1.165) is 0 Å². The van der Waals surface area contributed by atoms with E-state index in [0.29, 0.717) is 12.1 Å². The molecule has 0 saturated heterocycles. The van der Waals surface area contributed by atoms with Crippen LogP contribution in [0.1, 0.15) is 5.56 Å². The van der Waals surface area contributed by atoms with Crippen molar-refractivity contribution in [3.8, 4) is 0 Å². The average Bonchev–Trinajstić information content (AvgIpc) is 2.25. The number of nitrogens with zero attached hydrogens (tertiary/aromatic N) is 3. The molecule has 0 radical (unpaired) electrons. The minimum absolute atomic E-state index is 0.208. The second-order valence-electron chi connectivity index (χ2n) is 3.38. The molecule has 0 aliphatic carbocycles. The van der Waals surface area contributed by atoms with Gasteiger partial charge in [0.05, 0.1) is 26.9 Å². The van der Waals surface area contributed by atoms with E-state index < -0.39 is 50.0 Å². The van der Waals surface area contributed by atoms with Crippen molar-refractivity contribution in [2.45, 2.75) is 6.92 Å². The van der Waals surface area contributed by atoms with Gasteiger partial charge in [0.15, 0.2) is 0 Å². The molecule has 0 heterocycles. The van der Waals surface area contributed by atoms with E-state index in [-0.39, 0.29) is 5.56 Å². The third-order valence-electron chi connectivity index (χ3n) is 1.94. The Hall–Kier alpha value is -2.03. The van der Waals surface area contributed by atoms with Crippen LogP contribution in [0, 0.1) is 37.3 Å². The molecule has 13 nitrogen and oxygen atoms in total. The summed E-state index contributed by atoms with van der Waals surface area (Å²) in [7, 11) is 0. The molecule has 116 valence electrons. The quantitative estimate of drug-likeness (QED) is 0.307. The number of nitro benzene ring substituents is 3. The van der Waals surface area contributed by atoms with Crippen molar-refractivity contribution < 1.29 is 47.7 Å². The number of non-ortho nitro benzene ring substituents is 1. The molecule has 0 amide bonds. The standard InChI is InChI=1S/C7H5N3O6.4O.Ti/c1-4-6(9(13)14)2-5(8(11)12)3-7(4)10(15)16;;;;;/h2-3H,1H3;;;;;/q;4*-1;. The molecule has 0 bridgehead atoms. The number of hydrogen-bond donors (Lipinski definition) is 0. The van der Waals surface area contributed by atoms with Crippen LogP contribution in [0.3, 0.4) is 0 Å². The molecule has 1 aromatic rings. The molecular weight excluding hydrogens is 334 g/mol. The van der Waals surface area contributed by atoms with E-state index in [9.17, 15) is 30.3 Å². The van der Waals surface area contributed by atoms with Crippen molar-refractivity contribution in [3.05, 3.63) is 48.0 Å². The summed E-state index contributed by atoms with van der Waals surface area (Å²) in [6.45, 7) is 1.17. The van der Waals surface area contributed by atoms with Crippen molar-refractivity contribution >= 4 is 17.1 Å². The van der Waals surface area contributed by atoms with E-state index in [4.69, 9.17) is 14.8 Å². The fourth-order valence-electron chi connectivity index (χ4n) is 1.15. The average molecular weight is 339 g/mol. The van der Waals surface area contributed by atoms with E-state index >= 15 is 0 Å². The number of hydrogen-bond acceptors (Lipinski definition) is 10. The fourth-order valence-corrected chi connectivity index (χ4v) is 1.15. The van der Waals surface area contributed by atoms with Gasteiger partial charge in [-0.3, -0.25) is 30.3 Å². The van der Waals surface area contributed by atoms with Gasteiger partial charge in [-0.1, -0.05) is 0 Å². The molecule has 0 aliphatic heterocycles. The maximum absolute atomic E-state index is 10.5. The molecule has 0 atom stereocenters. The van der Waals surface area contributed by atoms with Crippen LogP contribution in [0.25, 0.3) is 0 Å². The monoisotopic (exact) mass is 339 g/mol. The van der Waals surface area contributed by atoms with Gasteiger partial charge < -0.3 is 0 Å². The van der Waals surface area contributed by atoms with Crippen molar-refractivity contribution in [1.29, 1.82) is 0 Å². The topological polar surface area (TPSA) is 222 Å². The molecule has 0 aromatic heterocycles. The molecule has 0 unspecified atom stereocenters. The van der Waals surface area contributed by atoms with Gasteiger partial charge in [0.2, 0.25) is 0 Å². The molecule has 0 N–H and O–H groups in total. The second kappa shape index (κ2) is 7.12. The first kappa shape index (κ1) is 19.0. The Morgan fingerprint density at radius 1 is 0.810 bits per heavy atom. The molecule has 0 spiro atoms. The zero-order valence-electron chi connectivity index (χ0n) is 10.1. The SMILES string of the molecule is Cc1c([N+](=O)[O-])cc([N+](=O)[O-])cc1[N+](=O)[O-].[O-][Ti]([O-])([O-])[O-]. The van der Waals surface area contributed by atoms with E-state index in [1.54, 1.807) is 0 Å². The molecule has 0 saturated carbocycles. The van der Waals surface area contributed by atoms with E-state index in [1.807, 2.05) is 0 Å². The third-order valence-corrected chi connectivity index (χ3v) is 1.94. The summed E-state index contributed by atoms with van der Waals surface area (Å²) >= 11 is -6.00. The van der Waals surface area contributed by atoms with Gasteiger partial charge in [0, 0.05) is 0 Å². The zero-order chi connectivity index (χ0) is 17.0. The molecule has 14 heteroatoms. The van der Waals surface area contributed by atoms with Crippen molar-refractivity contribution in [3.63, 3.8) is 0 Å². The molecule has 21 heavy (non-hydrogen) atoms. The fraction of sp³-hybridized carbons (Fsp3) is 0.143. The predicted molar refractivity (Wildman–Crippen MR) is 51.1 cm³/mol. The van der Waals surface area contributed by atoms with Crippen LogP contribution in [0.4, 0.5) is 17.1 Å². The Morgan fingerprint density at radius 3 is 1.29 bits per heavy atom. The summed E-state index contributed by atoms with van der Waals surface area (Å²) in [6, 6.07) is 1.39. The van der Waals surface area contributed by atoms with E-state index in [2.05, 4.69) is 0 Å². The Labute approximate surface area is 120 Å². The van der Waals surface area contributed by atoms with E-state index in [1.165, 1.54) is 6.92 Å². The number of nitro groups is 3. The molecule has 1 aromatic carbocycles. The molecule has 0 fully saturated rings. The first-order chi connectivity index (χ1) is 9.34. The Balaban J connectivity index is 0.000000690. The Morgan fingerprint density at radius 2 is 1.10 bits per heavy atom. The summed E-state index contributed by atoms with van der Waals surface area (Å²) in [5.74, 6) is 0. The minimum atomic E-state index is -6.00. The summed E-state index contributed by atoms with van der Waals surface area (Å²) in [6.07, 6.45) is 0. The van der Waals surface area contributed by atoms with Crippen LogP contribution in [-0.4, -0.2) is 14.8 Å². The van der Waals surface area contributed by atoms with Gasteiger partial charge in [-0.2, -0.15) is 0 Å². The van der Waals surface area contributed by atoms with Crippen LogP contribution < -0.4 is 14.8 Å². The van der Waals surface area contributed by atoms with Gasteiger partial charge >= 0.3 is 32.9 Å². The zero-order valence-corrected chi connectivity index (χ0v) is 11.6. The Kier molecular flexibility index (Phi) is 6.43. The van der Waals surface area contributed by atoms with Crippen LogP contribution in [-0.2, 0) is 18.1 Å². The van der Waals surface area contributed by atoms with Crippen LogP contribution in [0.5, 0.6) is 0 Å². The van der Waals surface area contributed by atoms with Crippen LogP contribution in [0.2, 0.25) is 0 Å². The number of benzene rings is 1. The first-order valence-corrected chi connectivity index (χ1v) is 7.29.